The van der Waals surface area contributed by atoms with E-state index in [1.807, 2.05) is 7.05 Å². The van der Waals surface area contributed by atoms with Crippen LogP contribution in [0.1, 0.15) is 20.3 Å². The topological polar surface area (TPSA) is 23.5 Å². The summed E-state index contributed by atoms with van der Waals surface area (Å²) in [6, 6.07) is 0. The molecule has 0 aliphatic carbocycles. The van der Waals surface area contributed by atoms with Crippen molar-refractivity contribution >= 4 is 15.9 Å². The van der Waals surface area contributed by atoms with Crippen molar-refractivity contribution in [3.05, 3.63) is 0 Å². The van der Waals surface area contributed by atoms with Crippen LogP contribution in [-0.2, 0) is 0 Å². The van der Waals surface area contributed by atoms with Gasteiger partial charge in [0.15, 0.2) is 0 Å². The van der Waals surface area contributed by atoms with Gasteiger partial charge in [-0.2, -0.15) is 0 Å². The first-order chi connectivity index (χ1) is 5.56. The minimum atomic E-state index is -0.234. The van der Waals surface area contributed by atoms with Gasteiger partial charge >= 0.3 is 0 Å². The molecule has 0 aromatic carbocycles. The summed E-state index contributed by atoms with van der Waals surface area (Å²) in [6.45, 7) is 6.27. The van der Waals surface area contributed by atoms with E-state index in [9.17, 15) is 5.11 Å². The molecule has 1 unspecified atom stereocenters. The lowest BCUT2D eigenvalue weighted by Crippen LogP contribution is -2.31. The summed E-state index contributed by atoms with van der Waals surface area (Å²) in [5.74, 6) is 0.744. The highest BCUT2D eigenvalue weighted by Gasteiger charge is 2.06. The number of aliphatic hydroxyl groups excluding tert-OH is 1. The van der Waals surface area contributed by atoms with E-state index in [4.69, 9.17) is 0 Å². The number of nitrogens with zero attached hydrogens (tertiary/aromatic N) is 1. The Bertz CT molecular complexity index is 109. The lowest BCUT2D eigenvalue weighted by molar-refractivity contribution is 0.143. The first kappa shape index (κ1) is 12.4. The molecule has 3 heteroatoms. The van der Waals surface area contributed by atoms with Crippen LogP contribution in [0, 0.1) is 5.92 Å². The monoisotopic (exact) mass is 237 g/mol. The van der Waals surface area contributed by atoms with Gasteiger partial charge in [0.1, 0.15) is 0 Å². The van der Waals surface area contributed by atoms with Crippen LogP contribution in [0.2, 0.25) is 0 Å². The van der Waals surface area contributed by atoms with Gasteiger partial charge < -0.3 is 10.0 Å². The molecule has 0 aliphatic heterocycles. The van der Waals surface area contributed by atoms with Gasteiger partial charge in [-0.25, -0.2) is 0 Å². The SMILES string of the molecule is CC(C)CCN(C)CC(O)CBr. The zero-order valence-electron chi connectivity index (χ0n) is 8.26. The Labute approximate surface area is 84.1 Å². The van der Waals surface area contributed by atoms with Gasteiger partial charge in [0.05, 0.1) is 6.10 Å². The molecule has 0 rings (SSSR count). The third-order valence-corrected chi connectivity index (χ3v) is 2.54. The molecule has 12 heavy (non-hydrogen) atoms. The second kappa shape index (κ2) is 6.87. The molecule has 74 valence electrons. The molecule has 0 bridgehead atoms. The van der Waals surface area contributed by atoms with Gasteiger partial charge in [-0.1, -0.05) is 29.8 Å². The van der Waals surface area contributed by atoms with Crippen molar-refractivity contribution in [3.63, 3.8) is 0 Å². The lowest BCUT2D eigenvalue weighted by Gasteiger charge is -2.19. The maximum atomic E-state index is 9.31. The number of hydrogen-bond acceptors (Lipinski definition) is 2. The van der Waals surface area contributed by atoms with Crippen LogP contribution in [0.15, 0.2) is 0 Å². The summed E-state index contributed by atoms with van der Waals surface area (Å²) in [6.07, 6.45) is 0.966. The Morgan fingerprint density at radius 2 is 2.00 bits per heavy atom. The van der Waals surface area contributed by atoms with Gasteiger partial charge in [0, 0.05) is 11.9 Å². The zero-order chi connectivity index (χ0) is 9.56. The molecular weight excluding hydrogens is 218 g/mol. The quantitative estimate of drug-likeness (QED) is 0.712. The van der Waals surface area contributed by atoms with Crippen LogP contribution < -0.4 is 0 Å². The third-order valence-electron chi connectivity index (χ3n) is 1.79. The summed E-state index contributed by atoms with van der Waals surface area (Å²) in [7, 11) is 2.05. The predicted molar refractivity (Wildman–Crippen MR) is 56.8 cm³/mol. The van der Waals surface area contributed by atoms with E-state index < -0.39 is 0 Å². The van der Waals surface area contributed by atoms with Crippen LogP contribution in [0.25, 0.3) is 0 Å². The molecule has 2 nitrogen and oxygen atoms in total. The summed E-state index contributed by atoms with van der Waals surface area (Å²) >= 11 is 3.25. The molecule has 0 amide bonds. The van der Waals surface area contributed by atoms with Crippen molar-refractivity contribution in [2.24, 2.45) is 5.92 Å². The van der Waals surface area contributed by atoms with E-state index in [0.717, 1.165) is 19.0 Å². The van der Waals surface area contributed by atoms with Gasteiger partial charge in [-0.3, -0.25) is 0 Å². The Morgan fingerprint density at radius 1 is 1.42 bits per heavy atom. The molecule has 0 spiro atoms. The number of hydrogen-bond donors (Lipinski definition) is 1. The van der Waals surface area contributed by atoms with Crippen molar-refractivity contribution in [1.82, 2.24) is 4.90 Å². The minimum Gasteiger partial charge on any atom is -0.391 e. The molecule has 0 aliphatic rings. The molecule has 1 atom stereocenters. The maximum absolute atomic E-state index is 9.31. The van der Waals surface area contributed by atoms with E-state index in [1.165, 1.54) is 6.42 Å². The first-order valence-corrected chi connectivity index (χ1v) is 5.61. The molecule has 0 aromatic heterocycles. The van der Waals surface area contributed by atoms with E-state index in [-0.39, 0.29) is 6.10 Å². The number of alkyl halides is 1. The second-order valence-corrected chi connectivity index (χ2v) is 4.40. The van der Waals surface area contributed by atoms with Crippen LogP contribution >= 0.6 is 15.9 Å². The average Bonchev–Trinajstić information content (AvgIpc) is 2.00. The predicted octanol–water partition coefficient (Wildman–Crippen LogP) is 1.72. The minimum absolute atomic E-state index is 0.234. The smallest absolute Gasteiger partial charge is 0.0763 e. The van der Waals surface area contributed by atoms with Crippen LogP contribution in [0.3, 0.4) is 0 Å². The van der Waals surface area contributed by atoms with Crippen molar-refractivity contribution in [2.75, 3.05) is 25.5 Å². The second-order valence-electron chi connectivity index (χ2n) is 3.75. The van der Waals surface area contributed by atoms with Crippen molar-refractivity contribution in [1.29, 1.82) is 0 Å². The largest absolute Gasteiger partial charge is 0.391 e. The van der Waals surface area contributed by atoms with Crippen molar-refractivity contribution in [2.45, 2.75) is 26.4 Å². The van der Waals surface area contributed by atoms with Gasteiger partial charge in [-0.15, -0.1) is 0 Å². The Kier molecular flexibility index (Phi) is 7.10. The number of halogens is 1. The molecule has 0 saturated carbocycles. The number of likely N-dealkylation sites (N-methyl/N-ethyl adjacent to an activating group) is 1. The zero-order valence-corrected chi connectivity index (χ0v) is 9.84. The van der Waals surface area contributed by atoms with Crippen molar-refractivity contribution in [3.8, 4) is 0 Å². The fourth-order valence-electron chi connectivity index (χ4n) is 0.978. The van der Waals surface area contributed by atoms with Gasteiger partial charge in [-0.05, 0) is 25.9 Å². The van der Waals surface area contributed by atoms with Crippen LogP contribution in [0.5, 0.6) is 0 Å². The number of rotatable bonds is 6. The Morgan fingerprint density at radius 3 is 2.42 bits per heavy atom. The van der Waals surface area contributed by atoms with E-state index >= 15 is 0 Å². The summed E-state index contributed by atoms with van der Waals surface area (Å²) in [5.41, 5.74) is 0. The molecule has 0 radical (unpaired) electrons. The lowest BCUT2D eigenvalue weighted by atomic mass is 10.1. The first-order valence-electron chi connectivity index (χ1n) is 4.48. The van der Waals surface area contributed by atoms with Crippen LogP contribution in [-0.4, -0.2) is 41.6 Å². The molecule has 0 saturated heterocycles. The number of aliphatic hydroxyl groups is 1. The summed E-state index contributed by atoms with van der Waals surface area (Å²) in [4.78, 5) is 2.17. The van der Waals surface area contributed by atoms with Crippen molar-refractivity contribution < 1.29 is 5.11 Å². The average molecular weight is 238 g/mol. The third kappa shape index (κ3) is 7.07. The molecule has 0 aromatic rings. The van der Waals surface area contributed by atoms with Gasteiger partial charge in [0.25, 0.3) is 0 Å². The van der Waals surface area contributed by atoms with Crippen LogP contribution in [0.4, 0.5) is 0 Å². The maximum Gasteiger partial charge on any atom is 0.0763 e. The molecular formula is C9H20BrNO. The van der Waals surface area contributed by atoms with Gasteiger partial charge in [0.2, 0.25) is 0 Å². The highest BCUT2D eigenvalue weighted by atomic mass is 79.9. The Balaban J connectivity index is 3.39. The fourth-order valence-corrected chi connectivity index (χ4v) is 1.18. The fraction of sp³-hybridized carbons (Fsp3) is 1.00. The Hall–Kier alpha value is 0.400. The van der Waals surface area contributed by atoms with E-state index in [2.05, 4.69) is 34.7 Å². The summed E-state index contributed by atoms with van der Waals surface area (Å²) in [5, 5.41) is 9.97. The highest BCUT2D eigenvalue weighted by Crippen LogP contribution is 2.01. The normalized spacial score (nSPS) is 14.2. The molecule has 1 N–H and O–H groups in total. The summed E-state index contributed by atoms with van der Waals surface area (Å²) < 4.78 is 0. The molecule has 0 fully saturated rings. The van der Waals surface area contributed by atoms with E-state index in [1.54, 1.807) is 0 Å². The highest BCUT2D eigenvalue weighted by molar-refractivity contribution is 9.09. The van der Waals surface area contributed by atoms with E-state index in [0.29, 0.717) is 5.33 Å². The molecule has 0 heterocycles. The standard InChI is InChI=1S/C9H20BrNO/c1-8(2)4-5-11(3)7-9(12)6-10/h8-9,12H,4-7H2,1-3H3.